The number of nitrogens with zero attached hydrogens (tertiary/aromatic N) is 5. The highest BCUT2D eigenvalue weighted by Crippen LogP contribution is 2.22. The number of aromatic nitrogens is 5. The van der Waals surface area contributed by atoms with Gasteiger partial charge in [-0.3, -0.25) is 0 Å². The molecule has 1 aromatic carbocycles. The zero-order valence-corrected chi connectivity index (χ0v) is 15.2. The molecule has 0 amide bonds. The van der Waals surface area contributed by atoms with Crippen molar-refractivity contribution >= 4 is 27.9 Å². The number of fused-ring (bicyclic) bond motifs is 1. The normalized spacial score (nSPS) is 11.1. The van der Waals surface area contributed by atoms with Crippen LogP contribution in [0.5, 0.6) is 0 Å². The van der Waals surface area contributed by atoms with E-state index in [4.69, 9.17) is 10.7 Å². The van der Waals surface area contributed by atoms with E-state index in [0.29, 0.717) is 5.13 Å². The molecule has 132 valence electrons. The van der Waals surface area contributed by atoms with E-state index in [1.165, 1.54) is 11.3 Å². The Labute approximate surface area is 154 Å². The molecule has 26 heavy (non-hydrogen) atoms. The van der Waals surface area contributed by atoms with Crippen LogP contribution in [0.25, 0.3) is 16.9 Å². The molecule has 0 radical (unpaired) electrons. The van der Waals surface area contributed by atoms with E-state index in [1.54, 1.807) is 0 Å². The second-order valence-corrected chi connectivity index (χ2v) is 7.11. The lowest BCUT2D eigenvalue weighted by Crippen LogP contribution is -2.09. The van der Waals surface area contributed by atoms with Crippen molar-refractivity contribution in [2.45, 2.75) is 19.8 Å². The van der Waals surface area contributed by atoms with Gasteiger partial charge in [0.25, 0.3) is 0 Å². The summed E-state index contributed by atoms with van der Waals surface area (Å²) in [6, 6.07) is 14.2. The summed E-state index contributed by atoms with van der Waals surface area (Å²) in [6.45, 7) is 2.77. The number of hydrogen-bond donors (Lipinski definition) is 2. The maximum atomic E-state index is 5.62. The van der Waals surface area contributed by atoms with Gasteiger partial charge in [0, 0.05) is 30.7 Å². The third kappa shape index (κ3) is 3.50. The zero-order valence-electron chi connectivity index (χ0n) is 14.4. The first-order valence-electron chi connectivity index (χ1n) is 8.43. The Hall–Kier alpha value is -3.00. The lowest BCUT2D eigenvalue weighted by atomic mass is 10.1. The third-order valence-corrected chi connectivity index (χ3v) is 4.79. The molecular formula is C18H19N7S. The van der Waals surface area contributed by atoms with Crippen LogP contribution in [-0.4, -0.2) is 31.3 Å². The molecule has 3 aromatic heterocycles. The number of anilines is 2. The summed E-state index contributed by atoms with van der Waals surface area (Å²) in [5.41, 5.74) is 9.41. The maximum absolute atomic E-state index is 5.62. The topological polar surface area (TPSA) is 94.0 Å². The number of benzene rings is 1. The lowest BCUT2D eigenvalue weighted by Gasteiger charge is -2.10. The van der Waals surface area contributed by atoms with Gasteiger partial charge >= 0.3 is 0 Å². The van der Waals surface area contributed by atoms with Crippen molar-refractivity contribution < 1.29 is 0 Å². The van der Waals surface area contributed by atoms with E-state index < -0.39 is 0 Å². The minimum Gasteiger partial charge on any atom is -0.374 e. The molecule has 0 saturated carbocycles. The molecule has 0 saturated heterocycles. The summed E-state index contributed by atoms with van der Waals surface area (Å²) in [5.74, 6) is 0.929. The van der Waals surface area contributed by atoms with Gasteiger partial charge in [-0.2, -0.15) is 9.61 Å². The van der Waals surface area contributed by atoms with Gasteiger partial charge in [-0.25, -0.2) is 4.98 Å². The van der Waals surface area contributed by atoms with Crippen molar-refractivity contribution in [3.63, 3.8) is 0 Å². The molecular weight excluding hydrogens is 346 g/mol. The molecule has 0 aliphatic heterocycles. The summed E-state index contributed by atoms with van der Waals surface area (Å²) in [4.78, 5) is 4.74. The van der Waals surface area contributed by atoms with Gasteiger partial charge in [-0.1, -0.05) is 41.7 Å². The van der Waals surface area contributed by atoms with Crippen LogP contribution in [0.15, 0.2) is 42.5 Å². The molecule has 0 bridgehead atoms. The number of hydrogen-bond acceptors (Lipinski definition) is 7. The predicted molar refractivity (Wildman–Crippen MR) is 104 cm³/mol. The highest BCUT2D eigenvalue weighted by atomic mass is 32.1. The largest absolute Gasteiger partial charge is 0.374 e. The Morgan fingerprint density at radius 3 is 2.77 bits per heavy atom. The van der Waals surface area contributed by atoms with Crippen molar-refractivity contribution in [3.8, 4) is 11.3 Å². The van der Waals surface area contributed by atoms with Crippen LogP contribution in [0.1, 0.15) is 17.1 Å². The van der Waals surface area contributed by atoms with E-state index >= 15 is 0 Å². The van der Waals surface area contributed by atoms with Gasteiger partial charge in [-0.15, -0.1) is 10.2 Å². The van der Waals surface area contributed by atoms with Crippen LogP contribution in [0.4, 0.5) is 10.9 Å². The van der Waals surface area contributed by atoms with E-state index in [0.717, 1.165) is 52.8 Å². The molecule has 3 N–H and O–H groups in total. The number of aryl methyl sites for hydroxylation is 2. The van der Waals surface area contributed by atoms with Crippen LogP contribution < -0.4 is 11.1 Å². The van der Waals surface area contributed by atoms with E-state index in [1.807, 2.05) is 41.8 Å². The van der Waals surface area contributed by atoms with Crippen LogP contribution in [0.3, 0.4) is 0 Å². The van der Waals surface area contributed by atoms with Crippen molar-refractivity contribution in [2.75, 3.05) is 17.6 Å². The quantitative estimate of drug-likeness (QED) is 0.510. The summed E-state index contributed by atoms with van der Waals surface area (Å²) < 4.78 is 1.85. The van der Waals surface area contributed by atoms with Crippen LogP contribution in [0.2, 0.25) is 0 Å². The van der Waals surface area contributed by atoms with Crippen molar-refractivity contribution in [1.82, 2.24) is 24.8 Å². The smallest absolute Gasteiger partial charge is 0.203 e. The third-order valence-electron chi connectivity index (χ3n) is 3.97. The summed E-state index contributed by atoms with van der Waals surface area (Å²) in [5, 5.41) is 17.4. The van der Waals surface area contributed by atoms with E-state index in [-0.39, 0.29) is 0 Å². The minimum atomic E-state index is 0.517. The van der Waals surface area contributed by atoms with Gasteiger partial charge in [0.05, 0.1) is 11.4 Å². The Morgan fingerprint density at radius 2 is 2.00 bits per heavy atom. The average molecular weight is 365 g/mol. The van der Waals surface area contributed by atoms with Crippen LogP contribution in [-0.2, 0) is 6.42 Å². The molecule has 0 spiro atoms. The number of rotatable bonds is 6. The molecule has 0 atom stereocenters. The van der Waals surface area contributed by atoms with Gasteiger partial charge in [-0.05, 0) is 13.3 Å². The molecule has 0 aliphatic rings. The summed E-state index contributed by atoms with van der Waals surface area (Å²) >= 11 is 1.44. The van der Waals surface area contributed by atoms with Crippen LogP contribution >= 0.6 is 11.3 Å². The molecule has 4 rings (SSSR count). The Balaban J connectivity index is 1.54. The van der Waals surface area contributed by atoms with Gasteiger partial charge in [0.1, 0.15) is 10.8 Å². The first-order chi connectivity index (χ1) is 12.7. The van der Waals surface area contributed by atoms with Gasteiger partial charge in [0.15, 0.2) is 5.65 Å². The number of nitrogens with one attached hydrogen (secondary N) is 1. The molecule has 8 heteroatoms. The van der Waals surface area contributed by atoms with Gasteiger partial charge < -0.3 is 11.1 Å². The molecule has 0 aliphatic carbocycles. The average Bonchev–Trinajstić information content (AvgIpc) is 3.23. The van der Waals surface area contributed by atoms with Crippen molar-refractivity contribution in [3.05, 3.63) is 53.2 Å². The molecule has 3 heterocycles. The Morgan fingerprint density at radius 1 is 1.15 bits per heavy atom. The van der Waals surface area contributed by atoms with E-state index in [2.05, 4.69) is 32.7 Å². The van der Waals surface area contributed by atoms with Crippen LogP contribution in [0, 0.1) is 6.92 Å². The second-order valence-electron chi connectivity index (χ2n) is 6.01. The number of nitrogens with two attached hydrogens (primary N) is 1. The fraction of sp³-hybridized carbons (Fsp3) is 0.222. The predicted octanol–water partition coefficient (Wildman–Crippen LogP) is 3.18. The first kappa shape index (κ1) is 16.5. The number of nitrogen functional groups attached to an aromatic ring is 1. The molecule has 0 unspecified atom stereocenters. The monoisotopic (exact) mass is 365 g/mol. The van der Waals surface area contributed by atoms with E-state index in [9.17, 15) is 0 Å². The zero-order chi connectivity index (χ0) is 17.9. The molecule has 0 fully saturated rings. The molecule has 4 aromatic rings. The maximum Gasteiger partial charge on any atom is 0.203 e. The highest BCUT2D eigenvalue weighted by molar-refractivity contribution is 7.15. The lowest BCUT2D eigenvalue weighted by molar-refractivity contribution is 0.822. The van der Waals surface area contributed by atoms with Crippen molar-refractivity contribution in [2.24, 2.45) is 0 Å². The van der Waals surface area contributed by atoms with Gasteiger partial charge in [0.2, 0.25) is 5.13 Å². The first-order valence-corrected chi connectivity index (χ1v) is 9.25. The SMILES string of the molecule is Cc1cc2nc(-c3ccccc3)cc(NCCCc3nnc(N)s3)n2n1. The minimum absolute atomic E-state index is 0.517. The standard InChI is InChI=1S/C18H19N7S/c1-12-10-16-21-14(13-6-3-2-4-7-13)11-15(25(16)24-12)20-9-5-8-17-22-23-18(19)26-17/h2-4,6-7,10-11,20H,5,8-9H2,1H3,(H2,19,23). The summed E-state index contributed by atoms with van der Waals surface area (Å²) in [6.07, 6.45) is 1.78. The fourth-order valence-electron chi connectivity index (χ4n) is 2.80. The fourth-order valence-corrected chi connectivity index (χ4v) is 3.45. The summed E-state index contributed by atoms with van der Waals surface area (Å²) in [7, 11) is 0. The highest BCUT2D eigenvalue weighted by Gasteiger charge is 2.09. The van der Waals surface area contributed by atoms with Crippen molar-refractivity contribution in [1.29, 1.82) is 0 Å². The molecule has 7 nitrogen and oxygen atoms in total. The Kier molecular flexibility index (Phi) is 4.49. The second kappa shape index (κ2) is 7.09. The Bertz CT molecular complexity index is 1020.